The highest BCUT2D eigenvalue weighted by Gasteiger charge is 2.01. The van der Waals surface area contributed by atoms with Gasteiger partial charge in [0.1, 0.15) is 5.78 Å². The second-order valence-corrected chi connectivity index (χ2v) is 1.83. The zero-order valence-electron chi connectivity index (χ0n) is 4.77. The zero-order valence-corrected chi connectivity index (χ0v) is 4.77. The SMILES string of the molecule is CC(C)C(=O)CN. The molecule has 0 aromatic carbocycles. The zero-order chi connectivity index (χ0) is 5.86. The number of carbonyl (C=O) groups is 1. The molecule has 0 aromatic heterocycles. The predicted molar refractivity (Wildman–Crippen MR) is 28.9 cm³/mol. The van der Waals surface area contributed by atoms with Gasteiger partial charge in [-0.15, -0.1) is 0 Å². The number of ketones is 1. The molecule has 0 aliphatic rings. The summed E-state index contributed by atoms with van der Waals surface area (Å²) in [4.78, 5) is 10.4. The van der Waals surface area contributed by atoms with Gasteiger partial charge >= 0.3 is 0 Å². The lowest BCUT2D eigenvalue weighted by Gasteiger charge is -1.96. The Kier molecular flexibility index (Phi) is 2.60. The average Bonchev–Trinajstić information content (AvgIpc) is 1.65. The molecule has 0 saturated carbocycles. The van der Waals surface area contributed by atoms with Crippen LogP contribution in [0.5, 0.6) is 0 Å². The molecule has 0 spiro atoms. The molecule has 7 heavy (non-hydrogen) atoms. The Labute approximate surface area is 43.7 Å². The van der Waals surface area contributed by atoms with Gasteiger partial charge in [-0.3, -0.25) is 4.79 Å². The minimum absolute atomic E-state index is 0.102. The van der Waals surface area contributed by atoms with Crippen LogP contribution in [0.15, 0.2) is 0 Å². The molecule has 0 bridgehead atoms. The number of hydrogen-bond acceptors (Lipinski definition) is 2. The van der Waals surface area contributed by atoms with Crippen molar-refractivity contribution in [3.8, 4) is 0 Å². The van der Waals surface area contributed by atoms with Crippen LogP contribution in [-0.2, 0) is 4.79 Å². The van der Waals surface area contributed by atoms with Gasteiger partial charge in [0, 0.05) is 5.92 Å². The third kappa shape index (κ3) is 2.34. The summed E-state index contributed by atoms with van der Waals surface area (Å²) >= 11 is 0. The van der Waals surface area contributed by atoms with Crippen LogP contribution in [0.25, 0.3) is 0 Å². The van der Waals surface area contributed by atoms with Crippen molar-refractivity contribution in [3.05, 3.63) is 0 Å². The summed E-state index contributed by atoms with van der Waals surface area (Å²) in [7, 11) is 0. The summed E-state index contributed by atoms with van der Waals surface area (Å²) < 4.78 is 0. The van der Waals surface area contributed by atoms with Gasteiger partial charge in [0.05, 0.1) is 6.54 Å². The van der Waals surface area contributed by atoms with E-state index in [2.05, 4.69) is 0 Å². The van der Waals surface area contributed by atoms with Crippen molar-refractivity contribution in [2.45, 2.75) is 13.8 Å². The van der Waals surface area contributed by atoms with Gasteiger partial charge in [0.25, 0.3) is 0 Å². The smallest absolute Gasteiger partial charge is 0.148 e. The fourth-order valence-corrected chi connectivity index (χ4v) is 0.236. The maximum atomic E-state index is 10.4. The van der Waals surface area contributed by atoms with Crippen LogP contribution >= 0.6 is 0 Å². The largest absolute Gasteiger partial charge is 0.324 e. The molecule has 0 fully saturated rings. The van der Waals surface area contributed by atoms with Gasteiger partial charge in [-0.05, 0) is 0 Å². The first kappa shape index (κ1) is 6.63. The second-order valence-electron chi connectivity index (χ2n) is 1.83. The summed E-state index contributed by atoms with van der Waals surface area (Å²) in [6, 6.07) is 0. The third-order valence-corrected chi connectivity index (χ3v) is 0.845. The van der Waals surface area contributed by atoms with E-state index in [9.17, 15) is 4.79 Å². The maximum Gasteiger partial charge on any atom is 0.148 e. The predicted octanol–water partition coefficient (Wildman–Crippen LogP) is 0.170. The second kappa shape index (κ2) is 2.75. The molecule has 2 heteroatoms. The Hall–Kier alpha value is -0.370. The average molecular weight is 101 g/mol. The van der Waals surface area contributed by atoms with Crippen LogP contribution in [0.3, 0.4) is 0 Å². The number of rotatable bonds is 2. The van der Waals surface area contributed by atoms with Crippen molar-refractivity contribution in [1.29, 1.82) is 0 Å². The molecule has 0 aliphatic carbocycles. The minimum Gasteiger partial charge on any atom is -0.324 e. The van der Waals surface area contributed by atoms with Crippen LogP contribution in [0, 0.1) is 5.92 Å². The Balaban J connectivity index is 3.35. The fraction of sp³-hybridized carbons (Fsp3) is 0.800. The molecular formula is C5H11NO. The highest BCUT2D eigenvalue weighted by Crippen LogP contribution is 1.89. The topological polar surface area (TPSA) is 43.1 Å². The van der Waals surface area contributed by atoms with Gasteiger partial charge in [-0.25, -0.2) is 0 Å². The van der Waals surface area contributed by atoms with Gasteiger partial charge < -0.3 is 5.73 Å². The maximum absolute atomic E-state index is 10.4. The van der Waals surface area contributed by atoms with Gasteiger partial charge in [0.2, 0.25) is 0 Å². The first-order valence-corrected chi connectivity index (χ1v) is 2.41. The van der Waals surface area contributed by atoms with Gasteiger partial charge in [-0.1, -0.05) is 13.8 Å². The number of carbonyl (C=O) groups excluding carboxylic acids is 1. The monoisotopic (exact) mass is 101 g/mol. The van der Waals surface area contributed by atoms with Crippen LogP contribution < -0.4 is 5.73 Å². The van der Waals surface area contributed by atoms with Crippen molar-refractivity contribution in [2.24, 2.45) is 11.7 Å². The molecule has 2 N–H and O–H groups in total. The Morgan fingerprint density at radius 3 is 2.14 bits per heavy atom. The Morgan fingerprint density at radius 2 is 2.14 bits per heavy atom. The fourth-order valence-electron chi connectivity index (χ4n) is 0.236. The Bertz CT molecular complexity index is 68.5. The Morgan fingerprint density at radius 1 is 1.71 bits per heavy atom. The van der Waals surface area contributed by atoms with Crippen LogP contribution in [0.1, 0.15) is 13.8 Å². The minimum atomic E-state index is 0.102. The summed E-state index contributed by atoms with van der Waals surface area (Å²) in [6.07, 6.45) is 0. The number of Topliss-reactive ketones (excluding diaryl/α,β-unsaturated/α-hetero) is 1. The van der Waals surface area contributed by atoms with Crippen LogP contribution in [-0.4, -0.2) is 12.3 Å². The van der Waals surface area contributed by atoms with Crippen LogP contribution in [0.2, 0.25) is 0 Å². The molecule has 0 unspecified atom stereocenters. The standard InChI is InChI=1S/C5H11NO/c1-4(2)5(7)3-6/h4H,3,6H2,1-2H3. The lowest BCUT2D eigenvalue weighted by atomic mass is 10.1. The summed E-state index contributed by atoms with van der Waals surface area (Å²) in [5.74, 6) is 0.227. The van der Waals surface area contributed by atoms with Crippen molar-refractivity contribution in [3.63, 3.8) is 0 Å². The van der Waals surface area contributed by atoms with Crippen molar-refractivity contribution >= 4 is 5.78 Å². The highest BCUT2D eigenvalue weighted by molar-refractivity contribution is 5.81. The third-order valence-electron chi connectivity index (χ3n) is 0.845. The van der Waals surface area contributed by atoms with E-state index in [1.807, 2.05) is 13.8 Å². The number of hydrogen-bond donors (Lipinski definition) is 1. The van der Waals surface area contributed by atoms with E-state index in [0.717, 1.165) is 0 Å². The van der Waals surface area contributed by atoms with E-state index in [1.54, 1.807) is 0 Å². The highest BCUT2D eigenvalue weighted by atomic mass is 16.1. The van der Waals surface area contributed by atoms with E-state index in [1.165, 1.54) is 0 Å². The molecule has 0 amide bonds. The van der Waals surface area contributed by atoms with E-state index in [-0.39, 0.29) is 18.2 Å². The summed E-state index contributed by atoms with van der Waals surface area (Å²) in [5, 5.41) is 0. The lowest BCUT2D eigenvalue weighted by Crippen LogP contribution is -2.18. The van der Waals surface area contributed by atoms with E-state index in [4.69, 9.17) is 5.73 Å². The molecule has 0 radical (unpaired) electrons. The first-order chi connectivity index (χ1) is 3.18. The van der Waals surface area contributed by atoms with Crippen molar-refractivity contribution in [1.82, 2.24) is 0 Å². The summed E-state index contributed by atoms with van der Waals surface area (Å²) in [6.45, 7) is 3.86. The van der Waals surface area contributed by atoms with Crippen molar-refractivity contribution in [2.75, 3.05) is 6.54 Å². The number of nitrogens with two attached hydrogens (primary N) is 1. The quantitative estimate of drug-likeness (QED) is 0.538. The molecule has 0 aliphatic heterocycles. The molecule has 0 rings (SSSR count). The first-order valence-electron chi connectivity index (χ1n) is 2.41. The molecule has 2 nitrogen and oxygen atoms in total. The molecule has 0 heterocycles. The molecule has 0 aromatic rings. The van der Waals surface area contributed by atoms with Crippen LogP contribution in [0.4, 0.5) is 0 Å². The molecule has 0 atom stereocenters. The van der Waals surface area contributed by atoms with Crippen molar-refractivity contribution < 1.29 is 4.79 Å². The molecular weight excluding hydrogens is 90.1 g/mol. The molecule has 0 saturated heterocycles. The van der Waals surface area contributed by atoms with Gasteiger partial charge in [0.15, 0.2) is 0 Å². The van der Waals surface area contributed by atoms with E-state index < -0.39 is 0 Å². The lowest BCUT2D eigenvalue weighted by molar-refractivity contribution is -0.120. The van der Waals surface area contributed by atoms with E-state index in [0.29, 0.717) is 0 Å². The summed E-state index contributed by atoms with van der Waals surface area (Å²) in [5.41, 5.74) is 5.02. The normalized spacial score (nSPS) is 9.71. The van der Waals surface area contributed by atoms with Gasteiger partial charge in [-0.2, -0.15) is 0 Å². The van der Waals surface area contributed by atoms with E-state index >= 15 is 0 Å². The molecule has 42 valence electrons.